The number of hydrogen-bond donors (Lipinski definition) is 3. The van der Waals surface area contributed by atoms with E-state index < -0.39 is 12.1 Å². The van der Waals surface area contributed by atoms with Gasteiger partial charge in [-0.05, 0) is 32.1 Å². The van der Waals surface area contributed by atoms with Gasteiger partial charge in [-0.15, -0.1) is 0 Å². The Balaban J connectivity index is 3.34. The van der Waals surface area contributed by atoms with Crippen LogP contribution in [0.1, 0.15) is 354 Å². The molecule has 6 nitrogen and oxygen atoms in total. The molecular formula is C63H123NO5. The van der Waals surface area contributed by atoms with E-state index in [-0.39, 0.29) is 18.5 Å². The molecule has 0 heterocycles. The lowest BCUT2D eigenvalue weighted by Crippen LogP contribution is -2.45. The van der Waals surface area contributed by atoms with Crippen molar-refractivity contribution in [2.75, 3.05) is 13.2 Å². The standard InChI is InChI=1S/C63H123NO5/c1-3-5-7-9-11-13-15-17-18-30-33-37-41-45-49-53-57-63(68)69-58-54-50-46-42-38-34-31-28-26-24-22-20-19-21-23-25-27-29-32-36-40-44-48-52-56-62(67)64-60(59-65)61(66)55-51-47-43-39-35-16-14-12-10-8-6-4-2/h51,55,60-61,65-66H,3-50,52-54,56-59H2,1-2H3,(H,64,67)/b55-51+. The van der Waals surface area contributed by atoms with Crippen molar-refractivity contribution in [3.05, 3.63) is 12.2 Å². The Bertz CT molecular complexity index is 1030. The molecule has 6 heteroatoms. The van der Waals surface area contributed by atoms with E-state index in [1.54, 1.807) is 6.08 Å². The maximum Gasteiger partial charge on any atom is 0.305 e. The van der Waals surface area contributed by atoms with Crippen LogP contribution in [0.15, 0.2) is 12.2 Å². The summed E-state index contributed by atoms with van der Waals surface area (Å²) in [6, 6.07) is -0.625. The fourth-order valence-corrected chi connectivity index (χ4v) is 9.99. The minimum Gasteiger partial charge on any atom is -0.466 e. The van der Waals surface area contributed by atoms with Gasteiger partial charge in [0.2, 0.25) is 5.91 Å². The minimum atomic E-state index is -0.841. The molecule has 0 aliphatic rings. The van der Waals surface area contributed by atoms with Crippen molar-refractivity contribution in [2.24, 2.45) is 0 Å². The third-order valence-corrected chi connectivity index (χ3v) is 14.8. The molecule has 1 amide bonds. The normalized spacial score (nSPS) is 12.6. The zero-order valence-corrected chi connectivity index (χ0v) is 46.8. The van der Waals surface area contributed by atoms with E-state index in [1.165, 1.54) is 289 Å². The van der Waals surface area contributed by atoms with Crippen molar-refractivity contribution in [3.63, 3.8) is 0 Å². The van der Waals surface area contributed by atoms with E-state index >= 15 is 0 Å². The molecule has 69 heavy (non-hydrogen) atoms. The summed E-state index contributed by atoms with van der Waals surface area (Å²) in [6.07, 6.45) is 71.2. The third kappa shape index (κ3) is 55.8. The van der Waals surface area contributed by atoms with Crippen molar-refractivity contribution in [2.45, 2.75) is 366 Å². The molecule has 0 rings (SSSR count). The number of aliphatic hydroxyl groups excluding tert-OH is 2. The SMILES string of the molecule is CCCCCCCCCCCC/C=C/C(O)C(CO)NC(=O)CCCCCCCCCCCCCCCCCCCCCCCCCCOC(=O)CCCCCCCCCCCCCCCCCC. The maximum atomic E-state index is 12.4. The summed E-state index contributed by atoms with van der Waals surface area (Å²) in [6.45, 7) is 4.92. The Morgan fingerprint density at radius 1 is 0.391 bits per heavy atom. The molecule has 0 aromatic rings. The van der Waals surface area contributed by atoms with Gasteiger partial charge in [-0.1, -0.05) is 321 Å². The van der Waals surface area contributed by atoms with Crippen LogP contribution in [0.3, 0.4) is 0 Å². The lowest BCUT2D eigenvalue weighted by Gasteiger charge is -2.20. The second-order valence-electron chi connectivity index (χ2n) is 21.8. The van der Waals surface area contributed by atoms with Gasteiger partial charge in [0, 0.05) is 12.8 Å². The number of esters is 1. The van der Waals surface area contributed by atoms with E-state index in [0.717, 1.165) is 38.5 Å². The molecular weight excluding hydrogens is 851 g/mol. The van der Waals surface area contributed by atoms with Crippen molar-refractivity contribution in [1.82, 2.24) is 5.32 Å². The van der Waals surface area contributed by atoms with Gasteiger partial charge >= 0.3 is 5.97 Å². The van der Waals surface area contributed by atoms with Crippen LogP contribution in [0, 0.1) is 0 Å². The quantitative estimate of drug-likeness (QED) is 0.0321. The molecule has 0 saturated carbocycles. The fourth-order valence-electron chi connectivity index (χ4n) is 9.99. The molecule has 0 radical (unpaired) electrons. The lowest BCUT2D eigenvalue weighted by atomic mass is 10.0. The van der Waals surface area contributed by atoms with Crippen LogP contribution in [0.5, 0.6) is 0 Å². The molecule has 0 bridgehead atoms. The number of rotatable bonds is 59. The van der Waals surface area contributed by atoms with Gasteiger partial charge in [0.15, 0.2) is 0 Å². The summed E-state index contributed by atoms with van der Waals surface area (Å²) in [5, 5.41) is 23.1. The highest BCUT2D eigenvalue weighted by atomic mass is 16.5. The Kier molecular flexibility index (Phi) is 58.0. The smallest absolute Gasteiger partial charge is 0.305 e. The Labute approximate surface area is 431 Å². The third-order valence-electron chi connectivity index (χ3n) is 14.8. The molecule has 0 saturated heterocycles. The molecule has 0 aromatic heterocycles. The second-order valence-corrected chi connectivity index (χ2v) is 21.8. The van der Waals surface area contributed by atoms with E-state index in [9.17, 15) is 19.8 Å². The van der Waals surface area contributed by atoms with E-state index in [2.05, 4.69) is 19.2 Å². The maximum absolute atomic E-state index is 12.4. The van der Waals surface area contributed by atoms with Gasteiger partial charge in [0.05, 0.1) is 25.4 Å². The predicted molar refractivity (Wildman–Crippen MR) is 301 cm³/mol. The first-order valence-electron chi connectivity index (χ1n) is 31.5. The number of aliphatic hydroxyl groups is 2. The molecule has 3 N–H and O–H groups in total. The number of unbranched alkanes of at least 4 members (excludes halogenated alkanes) is 48. The Morgan fingerprint density at radius 3 is 0.986 bits per heavy atom. The average molecular weight is 975 g/mol. The Hall–Kier alpha value is -1.40. The van der Waals surface area contributed by atoms with Crippen LogP contribution in [0.25, 0.3) is 0 Å². The van der Waals surface area contributed by atoms with E-state index in [4.69, 9.17) is 4.74 Å². The van der Waals surface area contributed by atoms with Gasteiger partial charge in [0.25, 0.3) is 0 Å². The van der Waals surface area contributed by atoms with Crippen LogP contribution in [0.4, 0.5) is 0 Å². The van der Waals surface area contributed by atoms with E-state index in [1.807, 2.05) is 6.08 Å². The highest BCUT2D eigenvalue weighted by Crippen LogP contribution is 2.18. The average Bonchev–Trinajstić information content (AvgIpc) is 3.35. The van der Waals surface area contributed by atoms with Crippen LogP contribution in [-0.2, 0) is 14.3 Å². The summed E-state index contributed by atoms with van der Waals surface area (Å²) >= 11 is 0. The zero-order chi connectivity index (χ0) is 50.0. The summed E-state index contributed by atoms with van der Waals surface area (Å²) < 4.78 is 5.50. The van der Waals surface area contributed by atoms with Crippen LogP contribution in [-0.4, -0.2) is 47.4 Å². The van der Waals surface area contributed by atoms with Gasteiger partial charge in [-0.25, -0.2) is 0 Å². The van der Waals surface area contributed by atoms with Crippen LogP contribution >= 0.6 is 0 Å². The van der Waals surface area contributed by atoms with Gasteiger partial charge in [0.1, 0.15) is 0 Å². The van der Waals surface area contributed by atoms with E-state index in [0.29, 0.717) is 19.4 Å². The summed E-state index contributed by atoms with van der Waals surface area (Å²) in [4.78, 5) is 24.5. The number of carbonyl (C=O) groups is 2. The number of amides is 1. The fraction of sp³-hybridized carbons (Fsp3) is 0.937. The first-order valence-corrected chi connectivity index (χ1v) is 31.5. The number of ether oxygens (including phenoxy) is 1. The zero-order valence-electron chi connectivity index (χ0n) is 46.8. The monoisotopic (exact) mass is 974 g/mol. The summed E-state index contributed by atoms with van der Waals surface area (Å²) in [5.41, 5.74) is 0. The molecule has 2 atom stereocenters. The topological polar surface area (TPSA) is 95.9 Å². The molecule has 0 fully saturated rings. The predicted octanol–water partition coefficient (Wildman–Crippen LogP) is 19.6. The van der Waals surface area contributed by atoms with Crippen molar-refractivity contribution in [1.29, 1.82) is 0 Å². The first-order chi connectivity index (χ1) is 34.0. The molecule has 0 aliphatic carbocycles. The largest absolute Gasteiger partial charge is 0.466 e. The van der Waals surface area contributed by atoms with Crippen LogP contribution < -0.4 is 5.32 Å². The Morgan fingerprint density at radius 2 is 0.667 bits per heavy atom. The summed E-state index contributed by atoms with van der Waals surface area (Å²) in [5.74, 6) is -0.0469. The first kappa shape index (κ1) is 67.6. The minimum absolute atomic E-state index is 0.0190. The van der Waals surface area contributed by atoms with Crippen molar-refractivity contribution < 1.29 is 24.5 Å². The summed E-state index contributed by atoms with van der Waals surface area (Å²) in [7, 11) is 0. The number of allylic oxidation sites excluding steroid dienone is 1. The highest BCUT2D eigenvalue weighted by molar-refractivity contribution is 5.76. The number of carbonyl (C=O) groups excluding carboxylic acids is 2. The molecule has 0 aliphatic heterocycles. The van der Waals surface area contributed by atoms with Gasteiger partial charge in [-0.3, -0.25) is 9.59 Å². The van der Waals surface area contributed by atoms with Crippen molar-refractivity contribution in [3.8, 4) is 0 Å². The van der Waals surface area contributed by atoms with Gasteiger partial charge < -0.3 is 20.3 Å². The highest BCUT2D eigenvalue weighted by Gasteiger charge is 2.18. The number of hydrogen-bond acceptors (Lipinski definition) is 5. The van der Waals surface area contributed by atoms with Gasteiger partial charge in [-0.2, -0.15) is 0 Å². The molecule has 0 aromatic carbocycles. The molecule has 410 valence electrons. The lowest BCUT2D eigenvalue weighted by molar-refractivity contribution is -0.143. The molecule has 2 unspecified atom stereocenters. The van der Waals surface area contributed by atoms with Crippen molar-refractivity contribution >= 4 is 11.9 Å². The molecule has 0 spiro atoms. The second kappa shape index (κ2) is 59.2. The number of nitrogens with one attached hydrogen (secondary N) is 1. The van der Waals surface area contributed by atoms with Crippen LogP contribution in [0.2, 0.25) is 0 Å².